The summed E-state index contributed by atoms with van der Waals surface area (Å²) in [5.74, 6) is 0. The number of nitro benzene ring substituents is 1. The van der Waals surface area contributed by atoms with Crippen molar-refractivity contribution in [2.45, 2.75) is 6.42 Å². The Kier molecular flexibility index (Phi) is 1.92. The summed E-state index contributed by atoms with van der Waals surface area (Å²) in [5.41, 5.74) is 11.0. The van der Waals surface area contributed by atoms with Gasteiger partial charge < -0.3 is 5.73 Å². The normalized spacial score (nSPS) is 12.0. The van der Waals surface area contributed by atoms with E-state index in [1.54, 1.807) is 12.1 Å². The SMILES string of the molecule is Nc1cccc2c1Cc1cc([N+](=O)[O-])ccc1-2. The van der Waals surface area contributed by atoms with Gasteiger partial charge in [0.1, 0.15) is 0 Å². The monoisotopic (exact) mass is 226 g/mol. The minimum absolute atomic E-state index is 0.134. The van der Waals surface area contributed by atoms with Crippen LogP contribution < -0.4 is 5.73 Å². The van der Waals surface area contributed by atoms with Gasteiger partial charge in [0.15, 0.2) is 0 Å². The third-order valence-electron chi connectivity index (χ3n) is 3.17. The Labute approximate surface area is 97.8 Å². The molecule has 84 valence electrons. The van der Waals surface area contributed by atoms with Crippen molar-refractivity contribution in [2.24, 2.45) is 0 Å². The molecule has 0 heterocycles. The highest BCUT2D eigenvalue weighted by Crippen LogP contribution is 2.40. The average Bonchev–Trinajstić information content (AvgIpc) is 2.68. The second kappa shape index (κ2) is 3.31. The molecule has 0 spiro atoms. The van der Waals surface area contributed by atoms with Crippen LogP contribution in [0.2, 0.25) is 0 Å². The highest BCUT2D eigenvalue weighted by atomic mass is 16.6. The van der Waals surface area contributed by atoms with Gasteiger partial charge in [-0.15, -0.1) is 0 Å². The number of hydrogen-bond donors (Lipinski definition) is 1. The first-order valence-corrected chi connectivity index (χ1v) is 5.32. The number of nitrogens with zero attached hydrogens (tertiary/aromatic N) is 1. The van der Waals surface area contributed by atoms with Gasteiger partial charge in [-0.1, -0.05) is 12.1 Å². The number of benzene rings is 2. The van der Waals surface area contributed by atoms with Gasteiger partial charge in [0.05, 0.1) is 4.92 Å². The molecule has 4 nitrogen and oxygen atoms in total. The van der Waals surface area contributed by atoms with E-state index in [-0.39, 0.29) is 10.6 Å². The Morgan fingerprint density at radius 3 is 2.76 bits per heavy atom. The Bertz CT molecular complexity index is 635. The zero-order valence-electron chi connectivity index (χ0n) is 9.01. The van der Waals surface area contributed by atoms with E-state index in [1.807, 2.05) is 18.2 Å². The fourth-order valence-electron chi connectivity index (χ4n) is 2.35. The van der Waals surface area contributed by atoms with E-state index in [2.05, 4.69) is 0 Å². The zero-order valence-corrected chi connectivity index (χ0v) is 9.01. The van der Waals surface area contributed by atoms with E-state index in [0.717, 1.165) is 27.9 Å². The lowest BCUT2D eigenvalue weighted by molar-refractivity contribution is -0.384. The molecular formula is C13H10N2O2. The predicted molar refractivity (Wildman–Crippen MR) is 65.8 cm³/mol. The molecule has 0 aliphatic heterocycles. The molecule has 0 saturated heterocycles. The van der Waals surface area contributed by atoms with Crippen LogP contribution in [0, 0.1) is 10.1 Å². The van der Waals surface area contributed by atoms with Crippen molar-refractivity contribution >= 4 is 11.4 Å². The van der Waals surface area contributed by atoms with Gasteiger partial charge in [0.25, 0.3) is 5.69 Å². The lowest BCUT2D eigenvalue weighted by atomic mass is 10.1. The van der Waals surface area contributed by atoms with E-state index < -0.39 is 0 Å². The minimum atomic E-state index is -0.368. The molecule has 17 heavy (non-hydrogen) atoms. The van der Waals surface area contributed by atoms with E-state index in [1.165, 1.54) is 6.07 Å². The molecule has 0 saturated carbocycles. The van der Waals surface area contributed by atoms with Crippen LogP contribution in [0.5, 0.6) is 0 Å². The van der Waals surface area contributed by atoms with Crippen LogP contribution in [0.1, 0.15) is 11.1 Å². The second-order valence-electron chi connectivity index (χ2n) is 4.15. The number of nitro groups is 1. The van der Waals surface area contributed by atoms with E-state index in [0.29, 0.717) is 6.42 Å². The van der Waals surface area contributed by atoms with Crippen molar-refractivity contribution < 1.29 is 4.92 Å². The zero-order chi connectivity index (χ0) is 12.0. The topological polar surface area (TPSA) is 69.2 Å². The van der Waals surface area contributed by atoms with Gasteiger partial charge in [0, 0.05) is 24.2 Å². The molecule has 2 aromatic rings. The van der Waals surface area contributed by atoms with Gasteiger partial charge in [-0.05, 0) is 34.4 Å². The molecule has 0 aromatic heterocycles. The number of rotatable bonds is 1. The number of fused-ring (bicyclic) bond motifs is 3. The van der Waals surface area contributed by atoms with Crippen LogP contribution >= 0.6 is 0 Å². The molecule has 2 aromatic carbocycles. The maximum Gasteiger partial charge on any atom is 0.269 e. The van der Waals surface area contributed by atoms with Crippen LogP contribution in [0.25, 0.3) is 11.1 Å². The lowest BCUT2D eigenvalue weighted by Gasteiger charge is -2.02. The van der Waals surface area contributed by atoms with E-state index >= 15 is 0 Å². The summed E-state index contributed by atoms with van der Waals surface area (Å²) in [6.07, 6.45) is 0.680. The molecule has 0 bridgehead atoms. The Hall–Kier alpha value is -2.36. The number of nitrogens with two attached hydrogens (primary N) is 1. The molecular weight excluding hydrogens is 216 g/mol. The van der Waals surface area contributed by atoms with E-state index in [4.69, 9.17) is 5.73 Å². The largest absolute Gasteiger partial charge is 0.398 e. The van der Waals surface area contributed by atoms with Crippen molar-refractivity contribution in [2.75, 3.05) is 5.73 Å². The van der Waals surface area contributed by atoms with Gasteiger partial charge in [-0.3, -0.25) is 10.1 Å². The first kappa shape index (κ1) is 9.84. The third-order valence-corrected chi connectivity index (χ3v) is 3.17. The molecule has 0 radical (unpaired) electrons. The van der Waals surface area contributed by atoms with Crippen LogP contribution in [0.15, 0.2) is 36.4 Å². The molecule has 0 atom stereocenters. The van der Waals surface area contributed by atoms with Crippen LogP contribution in [-0.4, -0.2) is 4.92 Å². The summed E-state index contributed by atoms with van der Waals surface area (Å²) in [6, 6.07) is 10.7. The number of non-ortho nitro benzene ring substituents is 1. The van der Waals surface area contributed by atoms with Gasteiger partial charge >= 0.3 is 0 Å². The quantitative estimate of drug-likeness (QED) is 0.394. The standard InChI is InChI=1S/C13H10N2O2/c14-13-3-1-2-11-10-5-4-9(15(16)17)6-8(10)7-12(11)13/h1-6H,7,14H2. The van der Waals surface area contributed by atoms with Crippen molar-refractivity contribution in [3.63, 3.8) is 0 Å². The molecule has 4 heteroatoms. The summed E-state index contributed by atoms with van der Waals surface area (Å²) >= 11 is 0. The summed E-state index contributed by atoms with van der Waals surface area (Å²) < 4.78 is 0. The maximum absolute atomic E-state index is 10.7. The Balaban J connectivity index is 2.19. The second-order valence-corrected chi connectivity index (χ2v) is 4.15. The minimum Gasteiger partial charge on any atom is -0.398 e. The van der Waals surface area contributed by atoms with Gasteiger partial charge in [-0.2, -0.15) is 0 Å². The average molecular weight is 226 g/mol. The smallest absolute Gasteiger partial charge is 0.269 e. The first-order valence-electron chi connectivity index (χ1n) is 5.32. The molecule has 1 aliphatic rings. The van der Waals surface area contributed by atoms with Crippen molar-refractivity contribution in [1.29, 1.82) is 0 Å². The number of hydrogen-bond acceptors (Lipinski definition) is 3. The highest BCUT2D eigenvalue weighted by Gasteiger charge is 2.22. The van der Waals surface area contributed by atoms with Crippen LogP contribution in [-0.2, 0) is 6.42 Å². The molecule has 0 amide bonds. The first-order chi connectivity index (χ1) is 8.16. The van der Waals surface area contributed by atoms with E-state index in [9.17, 15) is 10.1 Å². The van der Waals surface area contributed by atoms with Crippen LogP contribution in [0.4, 0.5) is 11.4 Å². The lowest BCUT2D eigenvalue weighted by Crippen LogP contribution is -1.91. The van der Waals surface area contributed by atoms with Crippen molar-refractivity contribution in [3.8, 4) is 11.1 Å². The maximum atomic E-state index is 10.7. The fourth-order valence-corrected chi connectivity index (χ4v) is 2.35. The third kappa shape index (κ3) is 1.38. The molecule has 1 aliphatic carbocycles. The molecule has 2 N–H and O–H groups in total. The van der Waals surface area contributed by atoms with Gasteiger partial charge in [-0.25, -0.2) is 0 Å². The number of anilines is 1. The Morgan fingerprint density at radius 1 is 1.18 bits per heavy atom. The highest BCUT2D eigenvalue weighted by molar-refractivity contribution is 5.82. The molecule has 3 rings (SSSR count). The summed E-state index contributed by atoms with van der Waals surface area (Å²) in [5, 5.41) is 10.7. The Morgan fingerprint density at radius 2 is 2.00 bits per heavy atom. The molecule has 0 fully saturated rings. The number of nitrogen functional groups attached to an aromatic ring is 1. The van der Waals surface area contributed by atoms with Crippen molar-refractivity contribution in [3.05, 3.63) is 57.6 Å². The molecule has 0 unspecified atom stereocenters. The summed E-state index contributed by atoms with van der Waals surface area (Å²) in [6.45, 7) is 0. The summed E-state index contributed by atoms with van der Waals surface area (Å²) in [7, 11) is 0. The predicted octanol–water partition coefficient (Wildman–Crippen LogP) is 2.75. The van der Waals surface area contributed by atoms with Crippen LogP contribution in [0.3, 0.4) is 0 Å². The fraction of sp³-hybridized carbons (Fsp3) is 0.0769. The van der Waals surface area contributed by atoms with Gasteiger partial charge in [0.2, 0.25) is 0 Å². The summed E-state index contributed by atoms with van der Waals surface area (Å²) in [4.78, 5) is 10.4. The van der Waals surface area contributed by atoms with Crippen molar-refractivity contribution in [1.82, 2.24) is 0 Å².